The van der Waals surface area contributed by atoms with Gasteiger partial charge in [0.2, 0.25) is 5.91 Å². The summed E-state index contributed by atoms with van der Waals surface area (Å²) < 4.78 is 24.8. The fourth-order valence-electron chi connectivity index (χ4n) is 2.63. The summed E-state index contributed by atoms with van der Waals surface area (Å²) in [4.78, 5) is 12.3. The van der Waals surface area contributed by atoms with Crippen molar-refractivity contribution >= 4 is 28.2 Å². The molecule has 1 fully saturated rings. The monoisotopic (exact) mass is 388 g/mol. The van der Waals surface area contributed by atoms with E-state index < -0.39 is 9.84 Å². The molecule has 1 amide bonds. The van der Waals surface area contributed by atoms with Crippen molar-refractivity contribution in [1.82, 2.24) is 10.6 Å². The molecular formula is C18H29ClN2O3S. The number of rotatable bonds is 6. The van der Waals surface area contributed by atoms with Gasteiger partial charge < -0.3 is 10.6 Å². The minimum absolute atomic E-state index is 0. The molecule has 5 nitrogen and oxygen atoms in total. The average Bonchev–Trinajstić information content (AvgIpc) is 2.44. The number of carbonyl (C=O) groups is 1. The molecule has 0 aromatic heterocycles. The SMILES string of the molecule is CC(C(=O)NCCS(=O)(=O)c1ccc(C(C)(C)C)cc1)C1CNC1.Cl. The van der Waals surface area contributed by atoms with Crippen LogP contribution in [0.2, 0.25) is 0 Å². The highest BCUT2D eigenvalue weighted by atomic mass is 35.5. The first kappa shape index (κ1) is 21.9. The number of carbonyl (C=O) groups excluding carboxylic acids is 1. The van der Waals surface area contributed by atoms with Crippen molar-refractivity contribution in [1.29, 1.82) is 0 Å². The summed E-state index contributed by atoms with van der Waals surface area (Å²) in [5.74, 6) is 0.120. The highest BCUT2D eigenvalue weighted by Crippen LogP contribution is 2.23. The first-order valence-corrected chi connectivity index (χ1v) is 10.1. The van der Waals surface area contributed by atoms with Crippen LogP contribution in [0, 0.1) is 11.8 Å². The summed E-state index contributed by atoms with van der Waals surface area (Å²) in [5, 5.41) is 5.89. The van der Waals surface area contributed by atoms with Gasteiger partial charge in [0.05, 0.1) is 10.6 Å². The van der Waals surface area contributed by atoms with Crippen LogP contribution in [0.3, 0.4) is 0 Å². The van der Waals surface area contributed by atoms with Gasteiger partial charge >= 0.3 is 0 Å². The Morgan fingerprint density at radius 1 is 1.24 bits per heavy atom. The van der Waals surface area contributed by atoms with Gasteiger partial charge in [0.1, 0.15) is 0 Å². The molecule has 0 saturated carbocycles. The highest BCUT2D eigenvalue weighted by Gasteiger charge is 2.28. The quantitative estimate of drug-likeness (QED) is 0.782. The van der Waals surface area contributed by atoms with Crippen molar-refractivity contribution in [2.45, 2.75) is 38.0 Å². The molecule has 1 saturated heterocycles. The Labute approximate surface area is 157 Å². The zero-order valence-corrected chi connectivity index (χ0v) is 17.0. The molecule has 2 rings (SSSR count). The van der Waals surface area contributed by atoms with Crippen LogP contribution < -0.4 is 10.6 Å². The average molecular weight is 389 g/mol. The lowest BCUT2D eigenvalue weighted by Gasteiger charge is -2.31. The van der Waals surface area contributed by atoms with E-state index in [1.165, 1.54) is 0 Å². The molecule has 142 valence electrons. The summed E-state index contributed by atoms with van der Waals surface area (Å²) in [6.07, 6.45) is 0. The third-order valence-corrected chi connectivity index (χ3v) is 6.42. The Morgan fingerprint density at radius 3 is 2.24 bits per heavy atom. The van der Waals surface area contributed by atoms with Crippen molar-refractivity contribution in [3.63, 3.8) is 0 Å². The molecule has 0 aliphatic carbocycles. The predicted molar refractivity (Wildman–Crippen MR) is 103 cm³/mol. The van der Waals surface area contributed by atoms with E-state index in [-0.39, 0.29) is 41.9 Å². The van der Waals surface area contributed by atoms with Gasteiger partial charge in [-0.25, -0.2) is 8.42 Å². The Hall–Kier alpha value is -1.11. The maximum Gasteiger partial charge on any atom is 0.223 e. The second kappa shape index (κ2) is 8.52. The summed E-state index contributed by atoms with van der Waals surface area (Å²) in [6.45, 7) is 10.0. The van der Waals surface area contributed by atoms with Crippen LogP contribution in [0.5, 0.6) is 0 Å². The van der Waals surface area contributed by atoms with Gasteiger partial charge in [-0.15, -0.1) is 12.4 Å². The Balaban J connectivity index is 0.00000312. The van der Waals surface area contributed by atoms with Crippen LogP contribution in [0.4, 0.5) is 0 Å². The second-order valence-electron chi connectivity index (χ2n) is 7.59. The molecule has 7 heteroatoms. The van der Waals surface area contributed by atoms with E-state index in [2.05, 4.69) is 31.4 Å². The molecule has 2 N–H and O–H groups in total. The lowest BCUT2D eigenvalue weighted by atomic mass is 9.87. The molecule has 0 bridgehead atoms. The largest absolute Gasteiger partial charge is 0.355 e. The zero-order chi connectivity index (χ0) is 18.0. The molecule has 1 aliphatic heterocycles. The first-order chi connectivity index (χ1) is 11.1. The zero-order valence-electron chi connectivity index (χ0n) is 15.3. The minimum Gasteiger partial charge on any atom is -0.355 e. The minimum atomic E-state index is -3.38. The Morgan fingerprint density at radius 2 is 1.80 bits per heavy atom. The molecule has 0 spiro atoms. The predicted octanol–water partition coefficient (Wildman–Crippen LogP) is 2.15. The lowest BCUT2D eigenvalue weighted by molar-refractivity contribution is -0.126. The van der Waals surface area contributed by atoms with Crippen LogP contribution >= 0.6 is 12.4 Å². The van der Waals surface area contributed by atoms with Gasteiger partial charge in [-0.1, -0.05) is 39.8 Å². The number of amides is 1. The summed E-state index contributed by atoms with van der Waals surface area (Å²) >= 11 is 0. The number of hydrogen-bond donors (Lipinski definition) is 2. The number of sulfone groups is 1. The molecule has 1 aliphatic rings. The van der Waals surface area contributed by atoms with Crippen molar-refractivity contribution in [2.75, 3.05) is 25.4 Å². The molecule has 0 radical (unpaired) electrons. The summed E-state index contributed by atoms with van der Waals surface area (Å²) in [5.41, 5.74) is 1.08. The maximum absolute atomic E-state index is 12.4. The molecular weight excluding hydrogens is 360 g/mol. The first-order valence-electron chi connectivity index (χ1n) is 8.43. The van der Waals surface area contributed by atoms with Crippen LogP contribution in [-0.4, -0.2) is 39.7 Å². The third-order valence-electron chi connectivity index (χ3n) is 4.68. The molecule has 1 aromatic rings. The Bertz CT molecular complexity index is 677. The normalized spacial score (nSPS) is 16.5. The number of nitrogens with one attached hydrogen (secondary N) is 2. The standard InChI is InChI=1S/C18H28N2O3S.ClH/c1-13(14-11-19-12-14)17(21)20-9-10-24(22,23)16-7-5-15(6-8-16)18(2,3)4;/h5-8,13-14,19H,9-12H2,1-4H3,(H,20,21);1H. The smallest absolute Gasteiger partial charge is 0.223 e. The van der Waals surface area contributed by atoms with E-state index in [4.69, 9.17) is 0 Å². The van der Waals surface area contributed by atoms with Crippen molar-refractivity contribution in [2.24, 2.45) is 11.8 Å². The molecule has 1 unspecified atom stereocenters. The maximum atomic E-state index is 12.4. The third kappa shape index (κ3) is 5.69. The van der Waals surface area contributed by atoms with Crippen LogP contribution in [0.25, 0.3) is 0 Å². The molecule has 1 atom stereocenters. The van der Waals surface area contributed by atoms with Gasteiger partial charge in [-0.2, -0.15) is 0 Å². The highest BCUT2D eigenvalue weighted by molar-refractivity contribution is 7.91. The van der Waals surface area contributed by atoms with Crippen LogP contribution in [-0.2, 0) is 20.0 Å². The van der Waals surface area contributed by atoms with E-state index in [9.17, 15) is 13.2 Å². The number of halogens is 1. The lowest BCUT2D eigenvalue weighted by Crippen LogP contribution is -2.50. The van der Waals surface area contributed by atoms with Gasteiger partial charge in [0.15, 0.2) is 9.84 Å². The van der Waals surface area contributed by atoms with E-state index >= 15 is 0 Å². The van der Waals surface area contributed by atoms with Gasteiger partial charge in [0, 0.05) is 12.5 Å². The van der Waals surface area contributed by atoms with Crippen molar-refractivity contribution in [3.8, 4) is 0 Å². The second-order valence-corrected chi connectivity index (χ2v) is 9.70. The number of hydrogen-bond acceptors (Lipinski definition) is 4. The fraction of sp³-hybridized carbons (Fsp3) is 0.611. The van der Waals surface area contributed by atoms with Gasteiger partial charge in [-0.05, 0) is 42.1 Å². The molecule has 25 heavy (non-hydrogen) atoms. The van der Waals surface area contributed by atoms with E-state index in [1.54, 1.807) is 12.1 Å². The van der Waals surface area contributed by atoms with Crippen molar-refractivity contribution in [3.05, 3.63) is 29.8 Å². The van der Waals surface area contributed by atoms with E-state index in [0.717, 1.165) is 18.7 Å². The summed E-state index contributed by atoms with van der Waals surface area (Å²) in [6, 6.07) is 7.02. The summed E-state index contributed by atoms with van der Waals surface area (Å²) in [7, 11) is -3.38. The number of benzene rings is 1. The van der Waals surface area contributed by atoms with Crippen LogP contribution in [0.15, 0.2) is 29.2 Å². The van der Waals surface area contributed by atoms with Gasteiger partial charge in [-0.3, -0.25) is 4.79 Å². The van der Waals surface area contributed by atoms with Crippen LogP contribution in [0.1, 0.15) is 33.3 Å². The Kier molecular flexibility index (Phi) is 7.47. The van der Waals surface area contributed by atoms with Crippen molar-refractivity contribution < 1.29 is 13.2 Å². The topological polar surface area (TPSA) is 75.3 Å². The van der Waals surface area contributed by atoms with E-state index in [1.807, 2.05) is 19.1 Å². The molecule has 1 heterocycles. The van der Waals surface area contributed by atoms with Gasteiger partial charge in [0.25, 0.3) is 0 Å². The fourth-order valence-corrected chi connectivity index (χ4v) is 3.79. The molecule has 1 aromatic carbocycles. The van der Waals surface area contributed by atoms with E-state index in [0.29, 0.717) is 10.8 Å².